The standard InChI is InChI=1S/C25H26F2N2O3/c1-15(2)24-22(12-11-21-13-20(30)14-23(31)32-21)25(16-3-5-17(26)6-4-16)29(28-24)19-9-7-18(27)8-10-19/h3-10,15,20-21,30H,11-14H2,1-2H3/t20-,21-/m0/s1. The van der Waals surface area contributed by atoms with Crippen LogP contribution < -0.4 is 0 Å². The van der Waals surface area contributed by atoms with Crippen molar-refractivity contribution in [3.8, 4) is 16.9 Å². The fraction of sp³-hybridized carbons (Fsp3) is 0.360. The van der Waals surface area contributed by atoms with Gasteiger partial charge in [0.25, 0.3) is 0 Å². The third-order valence-corrected chi connectivity index (χ3v) is 5.70. The molecule has 1 saturated heterocycles. The van der Waals surface area contributed by atoms with E-state index in [9.17, 15) is 18.7 Å². The highest BCUT2D eigenvalue weighted by molar-refractivity contribution is 5.71. The predicted octanol–water partition coefficient (Wildman–Crippen LogP) is 4.94. The van der Waals surface area contributed by atoms with E-state index in [0.29, 0.717) is 24.9 Å². The monoisotopic (exact) mass is 440 g/mol. The number of aliphatic hydroxyl groups excluding tert-OH is 1. The summed E-state index contributed by atoms with van der Waals surface area (Å²) in [7, 11) is 0. The van der Waals surface area contributed by atoms with E-state index < -0.39 is 12.1 Å². The zero-order valence-corrected chi connectivity index (χ0v) is 18.1. The van der Waals surface area contributed by atoms with Crippen molar-refractivity contribution in [3.05, 3.63) is 71.4 Å². The maximum atomic E-state index is 13.6. The second kappa shape index (κ2) is 9.20. The molecule has 1 aromatic heterocycles. The highest BCUT2D eigenvalue weighted by Gasteiger charge is 2.29. The number of hydrogen-bond donors (Lipinski definition) is 1. The summed E-state index contributed by atoms with van der Waals surface area (Å²) in [6.45, 7) is 4.08. The summed E-state index contributed by atoms with van der Waals surface area (Å²) in [5, 5.41) is 14.8. The molecule has 4 rings (SSSR count). The molecular formula is C25H26F2N2O3. The van der Waals surface area contributed by atoms with Crippen molar-refractivity contribution in [3.63, 3.8) is 0 Å². The second-order valence-electron chi connectivity index (χ2n) is 8.51. The Labute approximate surface area is 185 Å². The highest BCUT2D eigenvalue weighted by Crippen LogP contribution is 2.34. The van der Waals surface area contributed by atoms with E-state index in [1.807, 2.05) is 13.8 Å². The fourth-order valence-electron chi connectivity index (χ4n) is 4.19. The van der Waals surface area contributed by atoms with Gasteiger partial charge in [-0.2, -0.15) is 5.10 Å². The quantitative estimate of drug-likeness (QED) is 0.552. The number of cyclic esters (lactones) is 1. The largest absolute Gasteiger partial charge is 0.462 e. The van der Waals surface area contributed by atoms with Gasteiger partial charge < -0.3 is 9.84 Å². The maximum Gasteiger partial charge on any atom is 0.308 e. The number of esters is 1. The average molecular weight is 440 g/mol. The van der Waals surface area contributed by atoms with Crippen molar-refractivity contribution in [2.75, 3.05) is 0 Å². The van der Waals surface area contributed by atoms with E-state index in [2.05, 4.69) is 0 Å². The lowest BCUT2D eigenvalue weighted by Crippen LogP contribution is -2.32. The van der Waals surface area contributed by atoms with Gasteiger partial charge in [0.05, 0.1) is 29.6 Å². The van der Waals surface area contributed by atoms with E-state index in [-0.39, 0.29) is 30.1 Å². The summed E-state index contributed by atoms with van der Waals surface area (Å²) < 4.78 is 34.4. The fourth-order valence-corrected chi connectivity index (χ4v) is 4.19. The van der Waals surface area contributed by atoms with E-state index in [1.165, 1.54) is 24.3 Å². The Balaban J connectivity index is 1.78. The van der Waals surface area contributed by atoms with Crippen molar-refractivity contribution in [1.82, 2.24) is 9.78 Å². The summed E-state index contributed by atoms with van der Waals surface area (Å²) in [5.41, 5.74) is 4.11. The Bertz CT molecular complexity index is 1090. The van der Waals surface area contributed by atoms with Crippen LogP contribution in [0.2, 0.25) is 0 Å². The first-order valence-corrected chi connectivity index (χ1v) is 10.8. The molecule has 0 spiro atoms. The number of benzene rings is 2. The molecule has 0 bridgehead atoms. The first-order chi connectivity index (χ1) is 15.3. The van der Waals surface area contributed by atoms with Crippen LogP contribution >= 0.6 is 0 Å². The molecule has 1 aliphatic heterocycles. The van der Waals surface area contributed by atoms with E-state index in [0.717, 1.165) is 22.5 Å². The maximum absolute atomic E-state index is 13.6. The van der Waals surface area contributed by atoms with Gasteiger partial charge in [-0.25, -0.2) is 13.5 Å². The Kier molecular flexibility index (Phi) is 6.37. The summed E-state index contributed by atoms with van der Waals surface area (Å²) in [5.74, 6) is -0.967. The molecule has 1 aliphatic rings. The van der Waals surface area contributed by atoms with Crippen molar-refractivity contribution in [1.29, 1.82) is 0 Å². The van der Waals surface area contributed by atoms with Crippen LogP contribution in [0.5, 0.6) is 0 Å². The van der Waals surface area contributed by atoms with Gasteiger partial charge in [-0.05, 0) is 67.3 Å². The van der Waals surface area contributed by atoms with Crippen molar-refractivity contribution in [2.24, 2.45) is 0 Å². The van der Waals surface area contributed by atoms with Gasteiger partial charge in [0, 0.05) is 17.5 Å². The lowest BCUT2D eigenvalue weighted by Gasteiger charge is -2.26. The van der Waals surface area contributed by atoms with Gasteiger partial charge >= 0.3 is 5.97 Å². The third-order valence-electron chi connectivity index (χ3n) is 5.70. The number of carbonyl (C=O) groups is 1. The number of aliphatic hydroxyl groups is 1. The number of aromatic nitrogens is 2. The first kappa shape index (κ1) is 22.1. The van der Waals surface area contributed by atoms with Crippen LogP contribution in [-0.2, 0) is 16.0 Å². The average Bonchev–Trinajstić information content (AvgIpc) is 3.12. The molecule has 0 saturated carbocycles. The minimum absolute atomic E-state index is 0.0249. The SMILES string of the molecule is CC(C)c1nn(-c2ccc(F)cc2)c(-c2ccc(F)cc2)c1CC[C@H]1C[C@H](O)CC(=O)O1. The Morgan fingerprint density at radius 3 is 2.31 bits per heavy atom. The molecule has 0 unspecified atom stereocenters. The summed E-state index contributed by atoms with van der Waals surface area (Å²) in [6.07, 6.45) is 0.459. The summed E-state index contributed by atoms with van der Waals surface area (Å²) in [6, 6.07) is 12.3. The molecule has 0 amide bonds. The number of hydrogen-bond acceptors (Lipinski definition) is 4. The molecule has 1 fully saturated rings. The predicted molar refractivity (Wildman–Crippen MR) is 116 cm³/mol. The van der Waals surface area contributed by atoms with Gasteiger partial charge in [-0.1, -0.05) is 13.8 Å². The molecule has 32 heavy (non-hydrogen) atoms. The summed E-state index contributed by atoms with van der Waals surface area (Å²) in [4.78, 5) is 11.7. The van der Waals surface area contributed by atoms with Crippen LogP contribution in [0.25, 0.3) is 16.9 Å². The Morgan fingerprint density at radius 2 is 1.72 bits per heavy atom. The second-order valence-corrected chi connectivity index (χ2v) is 8.51. The van der Waals surface area contributed by atoms with Crippen LogP contribution in [0.15, 0.2) is 48.5 Å². The minimum Gasteiger partial charge on any atom is -0.462 e. The third kappa shape index (κ3) is 4.72. The number of halogens is 2. The van der Waals surface area contributed by atoms with Crippen molar-refractivity contribution < 1.29 is 23.4 Å². The van der Waals surface area contributed by atoms with Gasteiger partial charge in [0.1, 0.15) is 17.7 Å². The molecule has 1 N–H and O–H groups in total. The molecule has 2 atom stereocenters. The topological polar surface area (TPSA) is 64.3 Å². The molecule has 2 heterocycles. The van der Waals surface area contributed by atoms with Crippen molar-refractivity contribution in [2.45, 2.75) is 57.7 Å². The lowest BCUT2D eigenvalue weighted by atomic mass is 9.93. The van der Waals surface area contributed by atoms with Gasteiger partial charge in [-0.3, -0.25) is 4.79 Å². The van der Waals surface area contributed by atoms with Crippen LogP contribution in [0.4, 0.5) is 8.78 Å². The molecule has 168 valence electrons. The molecule has 0 aliphatic carbocycles. The van der Waals surface area contributed by atoms with Crippen LogP contribution in [0.3, 0.4) is 0 Å². The van der Waals surface area contributed by atoms with Crippen molar-refractivity contribution >= 4 is 5.97 Å². The van der Waals surface area contributed by atoms with E-state index in [1.54, 1.807) is 28.9 Å². The normalized spacial score (nSPS) is 18.8. The zero-order chi connectivity index (χ0) is 22.8. The smallest absolute Gasteiger partial charge is 0.308 e. The van der Waals surface area contributed by atoms with Gasteiger partial charge in [-0.15, -0.1) is 0 Å². The Hall–Kier alpha value is -3.06. The molecule has 5 nitrogen and oxygen atoms in total. The molecule has 3 aromatic rings. The lowest BCUT2D eigenvalue weighted by molar-refractivity contribution is -0.160. The number of nitrogens with zero attached hydrogens (tertiary/aromatic N) is 2. The van der Waals surface area contributed by atoms with Crippen LogP contribution in [0, 0.1) is 11.6 Å². The zero-order valence-electron chi connectivity index (χ0n) is 18.1. The van der Waals surface area contributed by atoms with Gasteiger partial charge in [0.2, 0.25) is 0 Å². The highest BCUT2D eigenvalue weighted by atomic mass is 19.1. The Morgan fingerprint density at radius 1 is 1.09 bits per heavy atom. The van der Waals surface area contributed by atoms with Crippen LogP contribution in [-0.4, -0.2) is 33.1 Å². The van der Waals surface area contributed by atoms with Crippen LogP contribution in [0.1, 0.15) is 50.3 Å². The molecule has 0 radical (unpaired) electrons. The summed E-state index contributed by atoms with van der Waals surface area (Å²) >= 11 is 0. The molecule has 2 aromatic carbocycles. The van der Waals surface area contributed by atoms with E-state index in [4.69, 9.17) is 9.84 Å². The molecular weight excluding hydrogens is 414 g/mol. The minimum atomic E-state index is -0.690. The molecule has 7 heteroatoms. The van der Waals surface area contributed by atoms with E-state index >= 15 is 0 Å². The number of carbonyl (C=O) groups excluding carboxylic acids is 1. The first-order valence-electron chi connectivity index (χ1n) is 10.8. The van der Waals surface area contributed by atoms with Gasteiger partial charge in [0.15, 0.2) is 0 Å². The number of rotatable bonds is 6. The number of ether oxygens (including phenoxy) is 1.